The van der Waals surface area contributed by atoms with Crippen molar-refractivity contribution in [1.82, 2.24) is 15.0 Å². The number of aromatic nitrogens is 3. The van der Waals surface area contributed by atoms with E-state index in [1.165, 1.54) is 0 Å². The zero-order valence-corrected chi connectivity index (χ0v) is 15.3. The van der Waals surface area contributed by atoms with Crippen molar-refractivity contribution in [3.05, 3.63) is 11.7 Å². The number of aliphatic hydroxyl groups is 1. The molecule has 15 heteroatoms. The first kappa shape index (κ1) is 24.0. The summed E-state index contributed by atoms with van der Waals surface area (Å²) in [7, 11) is 0. The number of nitrogens with zero attached hydrogens (tertiary/aromatic N) is 3. The lowest BCUT2D eigenvalue weighted by atomic mass is 9.92. The minimum absolute atomic E-state index is 0.666. The lowest BCUT2D eigenvalue weighted by molar-refractivity contribution is -0.139. The van der Waals surface area contributed by atoms with Gasteiger partial charge in [-0.1, -0.05) is 0 Å². The predicted molar refractivity (Wildman–Crippen MR) is 86.3 cm³/mol. The molecule has 0 saturated carbocycles. The number of allylic oxidation sites excluding steroid dienone is 1. The summed E-state index contributed by atoms with van der Waals surface area (Å²) in [5.74, 6) is -8.06. The summed E-state index contributed by atoms with van der Waals surface area (Å²) in [6.45, 7) is 1.33. The van der Waals surface area contributed by atoms with Crippen LogP contribution in [0.4, 0.5) is 51.4 Å². The molecule has 1 aromatic rings. The van der Waals surface area contributed by atoms with E-state index in [4.69, 9.17) is 0 Å². The number of aliphatic hydroxyl groups excluding tert-OH is 1. The number of nitrogens with one attached hydrogen (secondary N) is 2. The molecule has 30 heavy (non-hydrogen) atoms. The smallest absolute Gasteiger partial charge is 0.380 e. The molecule has 2 rings (SSSR count). The number of hydrogen-bond donors (Lipinski definition) is 3. The lowest BCUT2D eigenvalue weighted by Gasteiger charge is -2.28. The van der Waals surface area contributed by atoms with Gasteiger partial charge in [0.25, 0.3) is 5.92 Å². The molecule has 0 radical (unpaired) electrons. The summed E-state index contributed by atoms with van der Waals surface area (Å²) in [6, 6.07) is -4.50. The van der Waals surface area contributed by atoms with Gasteiger partial charge in [0.2, 0.25) is 11.9 Å². The fraction of sp³-hybridized carbons (Fsp3) is 0.667. The van der Waals surface area contributed by atoms with Gasteiger partial charge in [-0.05, 0) is 20.3 Å². The third kappa shape index (κ3) is 5.43. The Labute approximate surface area is 163 Å². The first-order valence-corrected chi connectivity index (χ1v) is 8.39. The zero-order valence-electron chi connectivity index (χ0n) is 15.3. The molecule has 3 atom stereocenters. The highest BCUT2D eigenvalue weighted by Gasteiger charge is 2.46. The van der Waals surface area contributed by atoms with Gasteiger partial charge in [0.05, 0.1) is 0 Å². The Morgan fingerprint density at radius 1 is 0.933 bits per heavy atom. The van der Waals surface area contributed by atoms with Crippen LogP contribution in [0, 0.1) is 0 Å². The van der Waals surface area contributed by atoms with E-state index in [0.717, 1.165) is 0 Å². The highest BCUT2D eigenvalue weighted by molar-refractivity contribution is 5.66. The van der Waals surface area contributed by atoms with Gasteiger partial charge in [0.15, 0.2) is 11.9 Å². The van der Waals surface area contributed by atoms with Gasteiger partial charge in [0.1, 0.15) is 17.9 Å². The van der Waals surface area contributed by atoms with E-state index in [2.05, 4.69) is 15.0 Å². The van der Waals surface area contributed by atoms with E-state index < -0.39 is 78.4 Å². The summed E-state index contributed by atoms with van der Waals surface area (Å²) < 4.78 is 118. The van der Waals surface area contributed by atoms with E-state index >= 15 is 0 Å². The molecule has 0 fully saturated rings. The van der Waals surface area contributed by atoms with Crippen molar-refractivity contribution in [3.63, 3.8) is 0 Å². The molecule has 0 amide bonds. The fourth-order valence-corrected chi connectivity index (χ4v) is 2.31. The molecule has 0 aromatic carbocycles. The summed E-state index contributed by atoms with van der Waals surface area (Å²) in [6.07, 6.45) is -14.2. The monoisotopic (exact) mass is 453 g/mol. The molecule has 1 aromatic heterocycles. The lowest BCUT2D eigenvalue weighted by Crippen LogP contribution is -2.38. The molecule has 1 heterocycles. The third-order valence-electron chi connectivity index (χ3n) is 4.22. The molecule has 1 aliphatic rings. The van der Waals surface area contributed by atoms with Crippen molar-refractivity contribution in [2.75, 3.05) is 10.6 Å². The van der Waals surface area contributed by atoms with Crippen LogP contribution in [-0.2, 0) is 0 Å². The van der Waals surface area contributed by atoms with E-state index in [0.29, 0.717) is 13.8 Å². The van der Waals surface area contributed by atoms with Gasteiger partial charge < -0.3 is 15.7 Å². The van der Waals surface area contributed by atoms with Crippen LogP contribution in [0.15, 0.2) is 5.83 Å². The van der Waals surface area contributed by atoms with Crippen molar-refractivity contribution < 1.29 is 44.6 Å². The second kappa shape index (κ2) is 8.07. The van der Waals surface area contributed by atoms with Crippen molar-refractivity contribution >= 4 is 17.5 Å². The van der Waals surface area contributed by atoms with E-state index in [1.807, 2.05) is 0 Å². The SMILES string of the molecule is C[C@@H](Nc1nc(N[C@H](C)C(F)(F)F)nc(C2=C(F)C(O)C(F)(F)CC2)n1)C(F)(F)F. The first-order chi connectivity index (χ1) is 13.5. The Hall–Kier alpha value is -2.32. The minimum atomic E-state index is -4.78. The maximum Gasteiger partial charge on any atom is 0.408 e. The van der Waals surface area contributed by atoms with E-state index in [9.17, 15) is 44.6 Å². The quantitative estimate of drug-likeness (QED) is 0.584. The summed E-state index contributed by atoms with van der Waals surface area (Å²) >= 11 is 0. The molecule has 0 saturated heterocycles. The fourth-order valence-electron chi connectivity index (χ4n) is 2.31. The van der Waals surface area contributed by atoms with Gasteiger partial charge >= 0.3 is 12.4 Å². The Bertz CT molecular complexity index is 768. The van der Waals surface area contributed by atoms with Crippen LogP contribution < -0.4 is 10.6 Å². The summed E-state index contributed by atoms with van der Waals surface area (Å²) in [5, 5.41) is 13.0. The molecular formula is C15H16F9N5O. The molecular weight excluding hydrogens is 437 g/mol. The van der Waals surface area contributed by atoms with Crippen LogP contribution >= 0.6 is 0 Å². The van der Waals surface area contributed by atoms with E-state index in [1.54, 1.807) is 10.6 Å². The molecule has 0 aliphatic heterocycles. The normalized spacial score (nSPS) is 21.9. The second-order valence-corrected chi connectivity index (χ2v) is 6.61. The van der Waals surface area contributed by atoms with Crippen molar-refractivity contribution in [1.29, 1.82) is 0 Å². The molecule has 3 N–H and O–H groups in total. The predicted octanol–water partition coefficient (Wildman–Crippen LogP) is 4.07. The van der Waals surface area contributed by atoms with Gasteiger partial charge in [0, 0.05) is 12.0 Å². The maximum atomic E-state index is 14.2. The molecule has 1 unspecified atom stereocenters. The zero-order chi connectivity index (χ0) is 23.1. The van der Waals surface area contributed by atoms with Gasteiger partial charge in [-0.3, -0.25) is 0 Å². The van der Waals surface area contributed by atoms with Crippen molar-refractivity contribution in [2.24, 2.45) is 0 Å². The van der Waals surface area contributed by atoms with Crippen LogP contribution in [0.5, 0.6) is 0 Å². The Kier molecular flexibility index (Phi) is 6.45. The van der Waals surface area contributed by atoms with Gasteiger partial charge in [-0.25, -0.2) is 13.2 Å². The largest absolute Gasteiger partial charge is 0.408 e. The number of alkyl halides is 8. The highest BCUT2D eigenvalue weighted by atomic mass is 19.4. The summed E-state index contributed by atoms with van der Waals surface area (Å²) in [5.41, 5.74) is -0.679. The number of halogens is 9. The average molecular weight is 453 g/mol. The first-order valence-electron chi connectivity index (χ1n) is 8.39. The molecule has 0 spiro atoms. The van der Waals surface area contributed by atoms with E-state index in [-0.39, 0.29) is 0 Å². The molecule has 1 aliphatic carbocycles. The third-order valence-corrected chi connectivity index (χ3v) is 4.22. The molecule has 0 bridgehead atoms. The second-order valence-electron chi connectivity index (χ2n) is 6.61. The van der Waals surface area contributed by atoms with Gasteiger partial charge in [-0.2, -0.15) is 41.3 Å². The number of anilines is 2. The Morgan fingerprint density at radius 2 is 1.37 bits per heavy atom. The van der Waals surface area contributed by atoms with Crippen LogP contribution in [0.2, 0.25) is 0 Å². The van der Waals surface area contributed by atoms with Crippen LogP contribution in [0.25, 0.3) is 5.57 Å². The highest BCUT2D eigenvalue weighted by Crippen LogP contribution is 2.41. The van der Waals surface area contributed by atoms with Gasteiger partial charge in [-0.15, -0.1) is 0 Å². The standard InChI is InChI=1S/C15H16F9N5O/c1-5(14(19,20)21)25-11-27-10(7-3-4-13(17,18)9(30)8(7)16)28-12(29-11)26-6(2)15(22,23)24/h5-6,9,30H,3-4H2,1-2H3,(H2,25,26,27,28,29)/t5-,6-,9?/m1/s1. The van der Waals surface area contributed by atoms with Crippen LogP contribution in [-0.4, -0.2) is 56.5 Å². The number of rotatable bonds is 5. The average Bonchev–Trinajstić information content (AvgIpc) is 2.58. The van der Waals surface area contributed by atoms with Crippen molar-refractivity contribution in [3.8, 4) is 0 Å². The minimum Gasteiger partial charge on any atom is -0.380 e. The molecule has 170 valence electrons. The topological polar surface area (TPSA) is 83.0 Å². The Morgan fingerprint density at radius 3 is 1.77 bits per heavy atom. The molecule has 6 nitrogen and oxygen atoms in total. The van der Waals surface area contributed by atoms with Crippen molar-refractivity contribution in [2.45, 2.75) is 63.2 Å². The van der Waals surface area contributed by atoms with Crippen LogP contribution in [0.1, 0.15) is 32.5 Å². The Balaban J connectivity index is 2.50. The van der Waals surface area contributed by atoms with Crippen LogP contribution in [0.3, 0.4) is 0 Å². The maximum absolute atomic E-state index is 14.2. The number of hydrogen-bond acceptors (Lipinski definition) is 6. The summed E-state index contributed by atoms with van der Waals surface area (Å²) in [4.78, 5) is 10.4.